The standard InChI is InChI=1S/C21H19ClN4O4S3/c1-3-10-31-21-25-24-20(32-21)23-19(27)18-12-26(16-11-14(22)6-9-17(16)30-18)33(28,29)15-7-4-13(2)5-8-15/h3-9,11,18H,1,10,12H2,2H3,(H,23,24,27)/t18-/m1/s1. The minimum absolute atomic E-state index is 0.105. The summed E-state index contributed by atoms with van der Waals surface area (Å²) in [6.45, 7) is 5.30. The average molecular weight is 523 g/mol. The molecule has 0 unspecified atom stereocenters. The highest BCUT2D eigenvalue weighted by Gasteiger charge is 2.38. The van der Waals surface area contributed by atoms with Gasteiger partial charge in [-0.15, -0.1) is 16.8 Å². The lowest BCUT2D eigenvalue weighted by atomic mass is 10.2. The molecule has 0 saturated carbocycles. The van der Waals surface area contributed by atoms with Crippen LogP contribution in [0.15, 0.2) is 64.4 Å². The van der Waals surface area contributed by atoms with Gasteiger partial charge in [0.2, 0.25) is 5.13 Å². The number of benzene rings is 2. The van der Waals surface area contributed by atoms with Crippen molar-refractivity contribution in [3.8, 4) is 5.75 Å². The predicted molar refractivity (Wildman–Crippen MR) is 131 cm³/mol. The molecule has 2 aromatic carbocycles. The molecular formula is C21H19ClN4O4S3. The fourth-order valence-electron chi connectivity index (χ4n) is 3.06. The number of fused-ring (bicyclic) bond motifs is 1. The Morgan fingerprint density at radius 3 is 2.82 bits per heavy atom. The Kier molecular flexibility index (Phi) is 6.94. The quantitative estimate of drug-likeness (QED) is 0.279. The number of aromatic nitrogens is 2. The first-order valence-electron chi connectivity index (χ1n) is 9.71. The summed E-state index contributed by atoms with van der Waals surface area (Å²) in [5.41, 5.74) is 1.20. The van der Waals surface area contributed by atoms with E-state index in [0.717, 1.165) is 9.87 Å². The fraction of sp³-hybridized carbons (Fsp3) is 0.190. The number of sulfonamides is 1. The Balaban J connectivity index is 1.62. The van der Waals surface area contributed by atoms with Crippen molar-refractivity contribution in [1.29, 1.82) is 0 Å². The number of hydrogen-bond acceptors (Lipinski definition) is 8. The van der Waals surface area contributed by atoms with Gasteiger partial charge in [-0.3, -0.25) is 14.4 Å². The number of rotatable bonds is 7. The number of anilines is 2. The molecule has 172 valence electrons. The number of thioether (sulfide) groups is 1. The number of ether oxygens (including phenoxy) is 1. The second-order valence-electron chi connectivity index (χ2n) is 7.03. The lowest BCUT2D eigenvalue weighted by Gasteiger charge is -2.34. The van der Waals surface area contributed by atoms with E-state index in [9.17, 15) is 13.2 Å². The summed E-state index contributed by atoms with van der Waals surface area (Å²) in [4.78, 5) is 13.1. The van der Waals surface area contributed by atoms with Gasteiger partial charge in [-0.2, -0.15) is 0 Å². The van der Waals surface area contributed by atoms with E-state index in [1.54, 1.807) is 30.3 Å². The maximum Gasteiger partial charge on any atom is 0.269 e. The summed E-state index contributed by atoms with van der Waals surface area (Å²) >= 11 is 8.78. The van der Waals surface area contributed by atoms with Gasteiger partial charge in [0.05, 0.1) is 17.1 Å². The third kappa shape index (κ3) is 5.16. The number of carbonyl (C=O) groups is 1. The molecular weight excluding hydrogens is 504 g/mol. The summed E-state index contributed by atoms with van der Waals surface area (Å²) in [5, 5.41) is 11.3. The number of halogens is 1. The van der Waals surface area contributed by atoms with Crippen LogP contribution in [0.5, 0.6) is 5.75 Å². The smallest absolute Gasteiger partial charge is 0.269 e. The highest BCUT2D eigenvalue weighted by Crippen LogP contribution is 2.39. The zero-order chi connectivity index (χ0) is 23.6. The van der Waals surface area contributed by atoms with Crippen LogP contribution in [0.1, 0.15) is 5.56 Å². The predicted octanol–water partition coefficient (Wildman–Crippen LogP) is 4.37. The number of carbonyl (C=O) groups excluding carboxylic acids is 1. The van der Waals surface area contributed by atoms with E-state index in [4.69, 9.17) is 16.3 Å². The maximum absolute atomic E-state index is 13.5. The van der Waals surface area contributed by atoms with Gasteiger partial charge in [-0.1, -0.05) is 58.5 Å². The molecule has 1 aromatic heterocycles. The van der Waals surface area contributed by atoms with Crippen LogP contribution in [0.2, 0.25) is 5.02 Å². The van der Waals surface area contributed by atoms with Crippen molar-refractivity contribution in [3.05, 3.63) is 65.7 Å². The van der Waals surface area contributed by atoms with E-state index in [1.807, 2.05) is 6.92 Å². The minimum atomic E-state index is -3.98. The van der Waals surface area contributed by atoms with Crippen molar-refractivity contribution < 1.29 is 17.9 Å². The van der Waals surface area contributed by atoms with Gasteiger partial charge in [-0.05, 0) is 37.3 Å². The molecule has 3 aromatic rings. The molecule has 0 radical (unpaired) electrons. The molecule has 33 heavy (non-hydrogen) atoms. The fourth-order valence-corrected chi connectivity index (χ4v) is 6.21. The van der Waals surface area contributed by atoms with Crippen molar-refractivity contribution in [3.63, 3.8) is 0 Å². The summed E-state index contributed by atoms with van der Waals surface area (Å²) in [5.74, 6) is 0.372. The van der Waals surface area contributed by atoms with Crippen molar-refractivity contribution in [2.45, 2.75) is 22.3 Å². The molecule has 0 aliphatic carbocycles. The van der Waals surface area contributed by atoms with Crippen molar-refractivity contribution in [1.82, 2.24) is 10.2 Å². The molecule has 1 aliphatic rings. The SMILES string of the molecule is C=CCSc1nnc(NC(=O)[C@H]2CN(S(=O)(=O)c3ccc(C)cc3)c3cc(Cl)ccc3O2)s1. The van der Waals surface area contributed by atoms with Crippen molar-refractivity contribution in [2.24, 2.45) is 0 Å². The second kappa shape index (κ2) is 9.72. The molecule has 0 saturated heterocycles. The number of amides is 1. The monoisotopic (exact) mass is 522 g/mol. The van der Waals surface area contributed by atoms with E-state index < -0.39 is 22.0 Å². The van der Waals surface area contributed by atoms with E-state index in [-0.39, 0.29) is 22.9 Å². The Morgan fingerprint density at radius 1 is 1.33 bits per heavy atom. The van der Waals surface area contributed by atoms with E-state index in [0.29, 0.717) is 20.2 Å². The lowest BCUT2D eigenvalue weighted by molar-refractivity contribution is -0.122. The van der Waals surface area contributed by atoms with Crippen LogP contribution >= 0.6 is 34.7 Å². The molecule has 1 aliphatic heterocycles. The normalized spacial score (nSPS) is 15.5. The van der Waals surface area contributed by atoms with Gasteiger partial charge in [0.25, 0.3) is 15.9 Å². The molecule has 0 spiro atoms. The molecule has 12 heteroatoms. The van der Waals surface area contributed by atoms with Gasteiger partial charge in [-0.25, -0.2) is 8.42 Å². The summed E-state index contributed by atoms with van der Waals surface area (Å²) < 4.78 is 34.6. The van der Waals surface area contributed by atoms with Crippen molar-refractivity contribution in [2.75, 3.05) is 21.9 Å². The molecule has 1 atom stereocenters. The van der Waals surface area contributed by atoms with Crippen LogP contribution in [0, 0.1) is 6.92 Å². The Labute approximate surface area is 204 Å². The highest BCUT2D eigenvalue weighted by molar-refractivity contribution is 8.01. The topological polar surface area (TPSA) is 101 Å². The van der Waals surface area contributed by atoms with Crippen LogP contribution in [-0.2, 0) is 14.8 Å². The highest BCUT2D eigenvalue weighted by atomic mass is 35.5. The third-order valence-electron chi connectivity index (χ3n) is 4.65. The van der Waals surface area contributed by atoms with Crippen LogP contribution in [0.3, 0.4) is 0 Å². The van der Waals surface area contributed by atoms with Crippen LogP contribution < -0.4 is 14.4 Å². The number of hydrogen-bond donors (Lipinski definition) is 1. The average Bonchev–Trinajstić information content (AvgIpc) is 3.24. The Hall–Kier alpha value is -2.60. The second-order valence-corrected chi connectivity index (χ2v) is 11.6. The Bertz CT molecular complexity index is 1300. The van der Waals surface area contributed by atoms with Gasteiger partial charge in [0, 0.05) is 10.8 Å². The Morgan fingerprint density at radius 2 is 2.09 bits per heavy atom. The van der Waals surface area contributed by atoms with Gasteiger partial charge in [0.15, 0.2) is 10.4 Å². The first-order valence-corrected chi connectivity index (χ1v) is 13.3. The van der Waals surface area contributed by atoms with Crippen LogP contribution in [-0.4, -0.2) is 42.9 Å². The number of nitrogens with one attached hydrogen (secondary N) is 1. The zero-order valence-corrected chi connectivity index (χ0v) is 20.6. The lowest BCUT2D eigenvalue weighted by Crippen LogP contribution is -2.48. The summed E-state index contributed by atoms with van der Waals surface area (Å²) in [7, 11) is -3.98. The van der Waals surface area contributed by atoms with Crippen LogP contribution in [0.25, 0.3) is 0 Å². The molecule has 2 heterocycles. The summed E-state index contributed by atoms with van der Waals surface area (Å²) in [6, 6.07) is 11.1. The molecule has 0 fully saturated rings. The van der Waals surface area contributed by atoms with Crippen molar-refractivity contribution >= 4 is 61.4 Å². The molecule has 1 N–H and O–H groups in total. The van der Waals surface area contributed by atoms with E-state index >= 15 is 0 Å². The van der Waals surface area contributed by atoms with E-state index in [1.165, 1.54) is 41.3 Å². The minimum Gasteiger partial charge on any atom is -0.476 e. The largest absolute Gasteiger partial charge is 0.476 e. The first-order chi connectivity index (χ1) is 15.8. The molecule has 1 amide bonds. The first kappa shape index (κ1) is 23.6. The molecule has 0 bridgehead atoms. The summed E-state index contributed by atoms with van der Waals surface area (Å²) in [6.07, 6.45) is 0.638. The van der Waals surface area contributed by atoms with Crippen LogP contribution in [0.4, 0.5) is 10.8 Å². The van der Waals surface area contributed by atoms with E-state index in [2.05, 4.69) is 22.1 Å². The number of nitrogens with zero attached hydrogens (tertiary/aromatic N) is 3. The van der Waals surface area contributed by atoms with Gasteiger partial charge < -0.3 is 4.74 Å². The maximum atomic E-state index is 13.5. The third-order valence-corrected chi connectivity index (χ3v) is 8.65. The zero-order valence-electron chi connectivity index (χ0n) is 17.4. The van der Waals surface area contributed by atoms with Gasteiger partial charge >= 0.3 is 0 Å². The molecule has 8 nitrogen and oxygen atoms in total. The number of aryl methyl sites for hydroxylation is 1. The van der Waals surface area contributed by atoms with Gasteiger partial charge in [0.1, 0.15) is 5.75 Å². The molecule has 4 rings (SSSR count).